The Bertz CT molecular complexity index is 269. The molecule has 0 radical (unpaired) electrons. The predicted octanol–water partition coefficient (Wildman–Crippen LogP) is 1.09. The van der Waals surface area contributed by atoms with E-state index in [1.807, 2.05) is 6.92 Å². The van der Waals surface area contributed by atoms with Gasteiger partial charge in [0.2, 0.25) is 10.0 Å². The van der Waals surface area contributed by atoms with Crippen LogP contribution < -0.4 is 4.72 Å². The van der Waals surface area contributed by atoms with Crippen molar-refractivity contribution in [3.8, 4) is 0 Å². The maximum absolute atomic E-state index is 11.6. The summed E-state index contributed by atoms with van der Waals surface area (Å²) in [6.45, 7) is 3.66. The van der Waals surface area contributed by atoms with E-state index in [9.17, 15) is 8.42 Å². The molecule has 0 saturated carbocycles. The summed E-state index contributed by atoms with van der Waals surface area (Å²) in [6.07, 6.45) is 1.51. The normalized spacial score (nSPS) is 16.3. The Labute approximate surface area is 97.1 Å². The monoisotopic (exact) mass is 257 g/mol. The zero-order chi connectivity index (χ0) is 11.9. The number of aliphatic hydroxyl groups is 1. The lowest BCUT2D eigenvalue weighted by atomic mass is 9.97. The topological polar surface area (TPSA) is 66.4 Å². The summed E-state index contributed by atoms with van der Waals surface area (Å²) >= 11 is 5.44. The van der Waals surface area contributed by atoms with E-state index in [0.717, 1.165) is 0 Å². The van der Waals surface area contributed by atoms with Crippen LogP contribution in [0.15, 0.2) is 0 Å². The highest BCUT2D eigenvalue weighted by molar-refractivity contribution is 7.89. The Morgan fingerprint density at radius 3 is 2.47 bits per heavy atom. The number of nitrogens with one attached hydrogen (secondary N) is 1. The summed E-state index contributed by atoms with van der Waals surface area (Å²) < 4.78 is 25.8. The molecule has 0 aliphatic heterocycles. The zero-order valence-electron chi connectivity index (χ0n) is 9.29. The van der Waals surface area contributed by atoms with Crippen molar-refractivity contribution in [3.63, 3.8) is 0 Å². The molecule has 0 aromatic heterocycles. The van der Waals surface area contributed by atoms with Crippen molar-refractivity contribution in [2.24, 2.45) is 0 Å². The Balaban J connectivity index is 4.39. The molecule has 2 N–H and O–H groups in total. The van der Waals surface area contributed by atoms with Gasteiger partial charge in [-0.05, 0) is 26.2 Å². The summed E-state index contributed by atoms with van der Waals surface area (Å²) in [4.78, 5) is 0. The Kier molecular flexibility index (Phi) is 6.75. The van der Waals surface area contributed by atoms with Crippen LogP contribution in [-0.4, -0.2) is 37.3 Å². The van der Waals surface area contributed by atoms with Gasteiger partial charge in [-0.15, -0.1) is 11.6 Å². The van der Waals surface area contributed by atoms with Crippen LogP contribution in [0.1, 0.15) is 33.1 Å². The van der Waals surface area contributed by atoms with E-state index in [1.165, 1.54) is 0 Å². The molecular formula is C9H20ClNO3S. The third-order valence-corrected chi connectivity index (χ3v) is 4.29. The molecule has 4 nitrogen and oxygen atoms in total. The van der Waals surface area contributed by atoms with Crippen LogP contribution in [0.2, 0.25) is 0 Å². The molecule has 15 heavy (non-hydrogen) atoms. The molecule has 0 aromatic rings. The third kappa shape index (κ3) is 6.35. The lowest BCUT2D eigenvalue weighted by Crippen LogP contribution is -2.46. The average Bonchev–Trinajstić information content (AvgIpc) is 2.14. The van der Waals surface area contributed by atoms with Crippen molar-refractivity contribution in [1.29, 1.82) is 0 Å². The van der Waals surface area contributed by atoms with Gasteiger partial charge in [-0.2, -0.15) is 0 Å². The first-order valence-corrected chi connectivity index (χ1v) is 7.26. The standard InChI is InChI=1S/C9H20ClNO3S/c1-3-9(2,5-7-12)11-15(13,14)8-4-6-10/h11-12H,3-8H2,1-2H3. The Hall–Kier alpha value is 0.160. The zero-order valence-corrected chi connectivity index (χ0v) is 10.9. The average molecular weight is 258 g/mol. The van der Waals surface area contributed by atoms with E-state index in [1.54, 1.807) is 6.92 Å². The maximum Gasteiger partial charge on any atom is 0.212 e. The number of aliphatic hydroxyl groups excluding tert-OH is 1. The minimum atomic E-state index is -3.28. The first kappa shape index (κ1) is 15.2. The largest absolute Gasteiger partial charge is 0.396 e. The molecule has 0 fully saturated rings. The minimum absolute atomic E-state index is 0.0254. The molecule has 0 aliphatic rings. The molecule has 0 amide bonds. The van der Waals surface area contributed by atoms with E-state index >= 15 is 0 Å². The molecular weight excluding hydrogens is 238 g/mol. The van der Waals surface area contributed by atoms with E-state index in [-0.39, 0.29) is 12.4 Å². The fourth-order valence-corrected chi connectivity index (χ4v) is 3.13. The van der Waals surface area contributed by atoms with Crippen molar-refractivity contribution in [2.45, 2.75) is 38.6 Å². The summed E-state index contributed by atoms with van der Waals surface area (Å²) in [5.41, 5.74) is -0.556. The van der Waals surface area contributed by atoms with Gasteiger partial charge in [0.05, 0.1) is 5.75 Å². The number of rotatable bonds is 8. The second-order valence-corrected chi connectivity index (χ2v) is 6.07. The molecule has 0 aromatic carbocycles. The van der Waals surface area contributed by atoms with E-state index in [2.05, 4.69) is 4.72 Å². The van der Waals surface area contributed by atoms with Crippen LogP contribution in [-0.2, 0) is 10.0 Å². The summed E-state index contributed by atoms with van der Waals surface area (Å²) in [5.74, 6) is 0.376. The van der Waals surface area contributed by atoms with Crippen LogP contribution in [0, 0.1) is 0 Å². The Morgan fingerprint density at radius 1 is 1.47 bits per heavy atom. The number of halogens is 1. The number of hydrogen-bond donors (Lipinski definition) is 2. The SMILES string of the molecule is CCC(C)(CCO)NS(=O)(=O)CCCCl. The molecule has 0 spiro atoms. The van der Waals surface area contributed by atoms with E-state index in [0.29, 0.717) is 25.1 Å². The first-order chi connectivity index (χ1) is 6.89. The van der Waals surface area contributed by atoms with Gasteiger partial charge in [0, 0.05) is 18.0 Å². The summed E-state index contributed by atoms with van der Waals surface area (Å²) in [5, 5.41) is 8.85. The molecule has 92 valence electrons. The molecule has 0 bridgehead atoms. The smallest absolute Gasteiger partial charge is 0.212 e. The molecule has 0 rings (SSSR count). The van der Waals surface area contributed by atoms with Gasteiger partial charge in [-0.25, -0.2) is 13.1 Å². The van der Waals surface area contributed by atoms with Gasteiger partial charge in [0.1, 0.15) is 0 Å². The highest BCUT2D eigenvalue weighted by Gasteiger charge is 2.26. The quantitative estimate of drug-likeness (QED) is 0.640. The van der Waals surface area contributed by atoms with Gasteiger partial charge in [-0.3, -0.25) is 0 Å². The van der Waals surface area contributed by atoms with Crippen LogP contribution in [0.4, 0.5) is 0 Å². The molecule has 0 saturated heterocycles. The lowest BCUT2D eigenvalue weighted by molar-refractivity contribution is 0.233. The van der Waals surface area contributed by atoms with Crippen molar-refractivity contribution < 1.29 is 13.5 Å². The van der Waals surface area contributed by atoms with E-state index in [4.69, 9.17) is 16.7 Å². The number of alkyl halides is 1. The van der Waals surface area contributed by atoms with E-state index < -0.39 is 15.6 Å². The second kappa shape index (κ2) is 6.68. The van der Waals surface area contributed by atoms with Crippen LogP contribution in [0.5, 0.6) is 0 Å². The molecule has 0 heterocycles. The van der Waals surface area contributed by atoms with Crippen molar-refractivity contribution in [1.82, 2.24) is 4.72 Å². The number of hydrogen-bond acceptors (Lipinski definition) is 3. The van der Waals surface area contributed by atoms with Crippen LogP contribution in [0.3, 0.4) is 0 Å². The van der Waals surface area contributed by atoms with Gasteiger partial charge >= 0.3 is 0 Å². The highest BCUT2D eigenvalue weighted by atomic mass is 35.5. The first-order valence-electron chi connectivity index (χ1n) is 5.07. The Morgan fingerprint density at radius 2 is 2.07 bits per heavy atom. The third-order valence-electron chi connectivity index (χ3n) is 2.39. The molecule has 1 unspecified atom stereocenters. The molecule has 1 atom stereocenters. The van der Waals surface area contributed by atoms with Gasteiger partial charge < -0.3 is 5.11 Å². The van der Waals surface area contributed by atoms with Gasteiger partial charge in [0.15, 0.2) is 0 Å². The van der Waals surface area contributed by atoms with Gasteiger partial charge in [0.25, 0.3) is 0 Å². The molecule has 6 heteroatoms. The number of sulfonamides is 1. The fourth-order valence-electron chi connectivity index (χ4n) is 1.22. The van der Waals surface area contributed by atoms with Crippen molar-refractivity contribution in [2.75, 3.05) is 18.2 Å². The van der Waals surface area contributed by atoms with Crippen molar-refractivity contribution >= 4 is 21.6 Å². The summed E-state index contributed by atoms with van der Waals surface area (Å²) in [7, 11) is -3.28. The lowest BCUT2D eigenvalue weighted by Gasteiger charge is -2.28. The predicted molar refractivity (Wildman–Crippen MR) is 62.7 cm³/mol. The highest BCUT2D eigenvalue weighted by Crippen LogP contribution is 2.15. The van der Waals surface area contributed by atoms with Crippen LogP contribution in [0.25, 0.3) is 0 Å². The fraction of sp³-hybridized carbons (Fsp3) is 1.00. The van der Waals surface area contributed by atoms with Gasteiger partial charge in [-0.1, -0.05) is 6.92 Å². The second-order valence-electron chi connectivity index (χ2n) is 3.85. The molecule has 0 aliphatic carbocycles. The maximum atomic E-state index is 11.6. The minimum Gasteiger partial charge on any atom is -0.396 e. The van der Waals surface area contributed by atoms with Crippen molar-refractivity contribution in [3.05, 3.63) is 0 Å². The van der Waals surface area contributed by atoms with Crippen LogP contribution >= 0.6 is 11.6 Å². The summed E-state index contributed by atoms with van der Waals surface area (Å²) in [6, 6.07) is 0.